The fraction of sp³-hybridized carbons (Fsp3) is 0.125. The summed E-state index contributed by atoms with van der Waals surface area (Å²) in [5.74, 6) is -2.39. The van der Waals surface area contributed by atoms with Crippen LogP contribution in [0.25, 0.3) is 0 Å². The summed E-state index contributed by atoms with van der Waals surface area (Å²) in [7, 11) is 0. The first-order valence-corrected chi connectivity index (χ1v) is 6.33. The van der Waals surface area contributed by atoms with E-state index in [9.17, 15) is 14.3 Å². The minimum atomic E-state index is -0.983. The summed E-state index contributed by atoms with van der Waals surface area (Å²) in [6, 6.07) is 14.7. The van der Waals surface area contributed by atoms with Crippen LogP contribution in [0.1, 0.15) is 17.0 Å². The molecule has 0 heterocycles. The van der Waals surface area contributed by atoms with Crippen LogP contribution in [0.3, 0.4) is 0 Å². The predicted octanol–water partition coefficient (Wildman–Crippen LogP) is 2.98. The Morgan fingerprint density at radius 3 is 2.57 bits per heavy atom. The lowest BCUT2D eigenvalue weighted by molar-refractivity contribution is -0.138. The van der Waals surface area contributed by atoms with Gasteiger partial charge in [-0.25, -0.2) is 4.39 Å². The summed E-state index contributed by atoms with van der Waals surface area (Å²) < 4.78 is 13.5. The summed E-state index contributed by atoms with van der Waals surface area (Å²) in [6.07, 6.45) is 0. The molecule has 21 heavy (non-hydrogen) atoms. The minimum absolute atomic E-state index is 0.0669. The maximum atomic E-state index is 13.5. The van der Waals surface area contributed by atoms with Gasteiger partial charge in [0, 0.05) is 6.54 Å². The number of halogens is 1. The highest BCUT2D eigenvalue weighted by Crippen LogP contribution is 2.21. The largest absolute Gasteiger partial charge is 0.481 e. The summed E-state index contributed by atoms with van der Waals surface area (Å²) in [5.41, 5.74) is 0.821. The van der Waals surface area contributed by atoms with Gasteiger partial charge in [-0.15, -0.1) is 0 Å². The molecular weight excluding hydrogens is 271 g/mol. The van der Waals surface area contributed by atoms with Crippen LogP contribution in [0, 0.1) is 17.1 Å². The number of hydrogen-bond donors (Lipinski definition) is 2. The van der Waals surface area contributed by atoms with Gasteiger partial charge in [-0.1, -0.05) is 36.4 Å². The second kappa shape index (κ2) is 6.53. The number of carboxylic acids is 1. The molecule has 0 aliphatic rings. The normalized spacial score (nSPS) is 11.4. The molecule has 0 saturated heterocycles. The summed E-state index contributed by atoms with van der Waals surface area (Å²) in [4.78, 5) is 11.4. The number of anilines is 1. The Morgan fingerprint density at radius 2 is 1.95 bits per heavy atom. The van der Waals surface area contributed by atoms with Gasteiger partial charge in [0.25, 0.3) is 0 Å². The topological polar surface area (TPSA) is 73.1 Å². The van der Waals surface area contributed by atoms with Crippen LogP contribution in [-0.4, -0.2) is 17.6 Å². The lowest BCUT2D eigenvalue weighted by Crippen LogP contribution is -2.21. The van der Waals surface area contributed by atoms with Crippen LogP contribution in [-0.2, 0) is 4.79 Å². The summed E-state index contributed by atoms with van der Waals surface area (Å²) in [5, 5.41) is 21.1. The van der Waals surface area contributed by atoms with Crippen molar-refractivity contribution in [3.8, 4) is 6.07 Å². The third-order valence-corrected chi connectivity index (χ3v) is 3.12. The molecule has 5 heteroatoms. The van der Waals surface area contributed by atoms with E-state index in [4.69, 9.17) is 5.26 Å². The highest BCUT2D eigenvalue weighted by Gasteiger charge is 2.20. The van der Waals surface area contributed by atoms with Gasteiger partial charge in [0.05, 0.1) is 11.6 Å². The fourth-order valence-electron chi connectivity index (χ4n) is 2.03. The zero-order valence-corrected chi connectivity index (χ0v) is 11.1. The predicted molar refractivity (Wildman–Crippen MR) is 76.4 cm³/mol. The third kappa shape index (κ3) is 3.37. The quantitative estimate of drug-likeness (QED) is 0.885. The Hall–Kier alpha value is -2.87. The number of carbonyl (C=O) groups is 1. The first-order chi connectivity index (χ1) is 10.1. The van der Waals surface area contributed by atoms with E-state index < -0.39 is 17.7 Å². The van der Waals surface area contributed by atoms with Crippen molar-refractivity contribution in [1.29, 1.82) is 5.26 Å². The molecule has 0 amide bonds. The van der Waals surface area contributed by atoms with Crippen molar-refractivity contribution in [2.75, 3.05) is 11.9 Å². The smallest absolute Gasteiger partial charge is 0.312 e. The van der Waals surface area contributed by atoms with Crippen molar-refractivity contribution in [1.82, 2.24) is 0 Å². The molecule has 106 valence electrons. The van der Waals surface area contributed by atoms with Gasteiger partial charge in [-0.05, 0) is 17.7 Å². The molecule has 0 aliphatic heterocycles. The lowest BCUT2D eigenvalue weighted by atomic mass is 9.99. The number of hydrogen-bond acceptors (Lipinski definition) is 3. The molecule has 0 radical (unpaired) electrons. The van der Waals surface area contributed by atoms with Crippen LogP contribution >= 0.6 is 0 Å². The highest BCUT2D eigenvalue weighted by molar-refractivity contribution is 5.77. The van der Waals surface area contributed by atoms with Gasteiger partial charge in [-0.2, -0.15) is 5.26 Å². The molecule has 2 aromatic carbocycles. The SMILES string of the molecule is N#Cc1c(F)cccc1NCC(C(=O)O)c1ccccc1. The summed E-state index contributed by atoms with van der Waals surface area (Å²) in [6.45, 7) is 0.0669. The minimum Gasteiger partial charge on any atom is -0.481 e. The molecule has 0 aromatic heterocycles. The Labute approximate surface area is 121 Å². The van der Waals surface area contributed by atoms with E-state index in [1.807, 2.05) is 0 Å². The molecule has 0 spiro atoms. The van der Waals surface area contributed by atoms with Gasteiger partial charge in [0.2, 0.25) is 0 Å². The van der Waals surface area contributed by atoms with E-state index in [2.05, 4.69) is 5.32 Å². The van der Waals surface area contributed by atoms with E-state index >= 15 is 0 Å². The highest BCUT2D eigenvalue weighted by atomic mass is 19.1. The number of aliphatic carboxylic acids is 1. The van der Waals surface area contributed by atoms with Crippen LogP contribution < -0.4 is 5.32 Å². The number of carboxylic acid groups (broad SMARTS) is 1. The van der Waals surface area contributed by atoms with E-state index in [1.165, 1.54) is 12.1 Å². The molecule has 0 aliphatic carbocycles. The number of nitrogens with zero attached hydrogens (tertiary/aromatic N) is 1. The summed E-state index contributed by atoms with van der Waals surface area (Å²) >= 11 is 0. The average molecular weight is 284 g/mol. The van der Waals surface area contributed by atoms with Gasteiger partial charge < -0.3 is 10.4 Å². The monoisotopic (exact) mass is 284 g/mol. The van der Waals surface area contributed by atoms with Gasteiger partial charge in [0.15, 0.2) is 0 Å². The molecule has 0 fully saturated rings. The second-order valence-corrected chi connectivity index (χ2v) is 4.46. The van der Waals surface area contributed by atoms with Gasteiger partial charge in [-0.3, -0.25) is 4.79 Å². The number of rotatable bonds is 5. The average Bonchev–Trinajstić information content (AvgIpc) is 2.48. The van der Waals surface area contributed by atoms with Crippen LogP contribution in [0.15, 0.2) is 48.5 Å². The van der Waals surface area contributed by atoms with E-state index in [1.54, 1.807) is 42.5 Å². The van der Waals surface area contributed by atoms with Crippen LogP contribution in [0.4, 0.5) is 10.1 Å². The van der Waals surface area contributed by atoms with Crippen LogP contribution in [0.2, 0.25) is 0 Å². The van der Waals surface area contributed by atoms with Crippen molar-refractivity contribution >= 4 is 11.7 Å². The van der Waals surface area contributed by atoms with Crippen LogP contribution in [0.5, 0.6) is 0 Å². The Kier molecular flexibility index (Phi) is 4.52. The van der Waals surface area contributed by atoms with E-state index in [-0.39, 0.29) is 12.1 Å². The van der Waals surface area contributed by atoms with Crippen molar-refractivity contribution in [2.45, 2.75) is 5.92 Å². The van der Waals surface area contributed by atoms with Crippen molar-refractivity contribution in [2.24, 2.45) is 0 Å². The Bertz CT molecular complexity index is 680. The molecule has 0 saturated carbocycles. The maximum absolute atomic E-state index is 13.5. The van der Waals surface area contributed by atoms with Crippen molar-refractivity contribution in [3.63, 3.8) is 0 Å². The molecule has 2 N–H and O–H groups in total. The molecule has 2 aromatic rings. The van der Waals surface area contributed by atoms with E-state index in [0.717, 1.165) is 0 Å². The Morgan fingerprint density at radius 1 is 1.24 bits per heavy atom. The zero-order chi connectivity index (χ0) is 15.2. The molecular formula is C16H13FN2O2. The number of nitrogens with one attached hydrogen (secondary N) is 1. The van der Waals surface area contributed by atoms with Crippen molar-refractivity contribution in [3.05, 3.63) is 65.5 Å². The fourth-order valence-corrected chi connectivity index (χ4v) is 2.03. The zero-order valence-electron chi connectivity index (χ0n) is 11.1. The number of nitriles is 1. The number of benzene rings is 2. The first-order valence-electron chi connectivity index (χ1n) is 6.33. The Balaban J connectivity index is 2.20. The standard InChI is InChI=1S/C16H13FN2O2/c17-14-7-4-8-15(12(14)9-18)19-10-13(16(20)21)11-5-2-1-3-6-11/h1-8,13,19H,10H2,(H,20,21). The molecule has 4 nitrogen and oxygen atoms in total. The molecule has 1 unspecified atom stereocenters. The lowest BCUT2D eigenvalue weighted by Gasteiger charge is -2.15. The molecule has 2 rings (SSSR count). The van der Waals surface area contributed by atoms with Gasteiger partial charge in [0.1, 0.15) is 17.4 Å². The van der Waals surface area contributed by atoms with E-state index in [0.29, 0.717) is 11.3 Å². The van der Waals surface area contributed by atoms with Crippen molar-refractivity contribution < 1.29 is 14.3 Å². The molecule has 0 bridgehead atoms. The maximum Gasteiger partial charge on any atom is 0.312 e. The first kappa shape index (κ1) is 14.5. The second-order valence-electron chi connectivity index (χ2n) is 4.46. The molecule has 1 atom stereocenters. The third-order valence-electron chi connectivity index (χ3n) is 3.12. The van der Waals surface area contributed by atoms with Gasteiger partial charge >= 0.3 is 5.97 Å².